The average Bonchev–Trinajstić information content (AvgIpc) is 2.96. The molecule has 0 aliphatic carbocycles. The number of nitrogens with one attached hydrogen (secondary N) is 1. The van der Waals surface area contributed by atoms with Gasteiger partial charge in [-0.25, -0.2) is 0 Å². The highest BCUT2D eigenvalue weighted by Gasteiger charge is 2.39. The molecular weight excluding hydrogens is 264 g/mol. The van der Waals surface area contributed by atoms with Gasteiger partial charge in [0, 0.05) is 10.9 Å². The summed E-state index contributed by atoms with van der Waals surface area (Å²) in [6, 6.07) is 4.35. The molecule has 1 N–H and O–H groups in total. The lowest BCUT2D eigenvalue weighted by Crippen LogP contribution is -2.38. The van der Waals surface area contributed by atoms with Crippen LogP contribution in [0.15, 0.2) is 17.5 Å². The predicted octanol–water partition coefficient (Wildman–Crippen LogP) is 2.71. The molecule has 1 aliphatic heterocycles. The monoisotopic (exact) mass is 284 g/mol. The van der Waals surface area contributed by atoms with E-state index in [1.807, 2.05) is 29.7 Å². The summed E-state index contributed by atoms with van der Waals surface area (Å²) in [5.41, 5.74) is 0. The number of carbonyl (C=O) groups excluding carboxylic acids is 1. The molecule has 3 nitrogen and oxygen atoms in total. The van der Waals surface area contributed by atoms with Gasteiger partial charge in [-0.1, -0.05) is 6.07 Å². The number of rotatable bonds is 5. The van der Waals surface area contributed by atoms with E-state index in [0.29, 0.717) is 0 Å². The number of nitrogens with zero attached hydrogens (tertiary/aromatic N) is 1. The van der Waals surface area contributed by atoms with Gasteiger partial charge in [0.1, 0.15) is 6.17 Å². The zero-order valence-corrected chi connectivity index (χ0v) is 12.7. The Balaban J connectivity index is 2.15. The molecule has 5 heteroatoms. The highest BCUT2D eigenvalue weighted by Crippen LogP contribution is 2.31. The van der Waals surface area contributed by atoms with Crippen LogP contribution in [-0.4, -0.2) is 34.9 Å². The Bertz CT molecular complexity index is 394. The molecule has 1 amide bonds. The highest BCUT2D eigenvalue weighted by molar-refractivity contribution is 7.98. The minimum Gasteiger partial charge on any atom is -0.318 e. The fraction of sp³-hybridized carbons (Fsp3) is 0.615. The van der Waals surface area contributed by atoms with Crippen molar-refractivity contribution >= 4 is 29.0 Å². The van der Waals surface area contributed by atoms with Gasteiger partial charge in [-0.3, -0.25) is 10.1 Å². The minimum atomic E-state index is -0.0752. The number of amides is 1. The Labute approximate surface area is 117 Å². The van der Waals surface area contributed by atoms with Crippen LogP contribution in [0.5, 0.6) is 0 Å². The maximum atomic E-state index is 12.3. The molecule has 1 aromatic rings. The van der Waals surface area contributed by atoms with Crippen molar-refractivity contribution < 1.29 is 4.79 Å². The SMILES string of the molecule is CSCCC(C)N1C(=O)C(C)NC1c1cccs1. The summed E-state index contributed by atoms with van der Waals surface area (Å²) >= 11 is 3.54. The number of carbonyl (C=O) groups is 1. The van der Waals surface area contributed by atoms with Gasteiger partial charge in [0.05, 0.1) is 6.04 Å². The Kier molecular flexibility index (Phi) is 4.70. The lowest BCUT2D eigenvalue weighted by molar-refractivity contribution is -0.131. The van der Waals surface area contributed by atoms with Gasteiger partial charge in [-0.2, -0.15) is 11.8 Å². The molecule has 0 saturated carbocycles. The van der Waals surface area contributed by atoms with Gasteiger partial charge in [-0.05, 0) is 43.7 Å². The third kappa shape index (κ3) is 2.73. The Morgan fingerprint density at radius 3 is 3.00 bits per heavy atom. The van der Waals surface area contributed by atoms with Crippen LogP contribution in [0.25, 0.3) is 0 Å². The maximum Gasteiger partial charge on any atom is 0.241 e. The molecule has 0 radical (unpaired) electrons. The van der Waals surface area contributed by atoms with E-state index in [0.717, 1.165) is 12.2 Å². The first kappa shape index (κ1) is 13.9. The zero-order valence-electron chi connectivity index (χ0n) is 11.1. The zero-order chi connectivity index (χ0) is 13.1. The summed E-state index contributed by atoms with van der Waals surface area (Å²) < 4.78 is 0. The molecule has 1 aromatic heterocycles. The minimum absolute atomic E-state index is 0.0596. The van der Waals surface area contributed by atoms with Gasteiger partial charge >= 0.3 is 0 Å². The van der Waals surface area contributed by atoms with E-state index < -0.39 is 0 Å². The maximum absolute atomic E-state index is 12.3. The van der Waals surface area contributed by atoms with Crippen LogP contribution in [-0.2, 0) is 4.79 Å². The summed E-state index contributed by atoms with van der Waals surface area (Å²) in [4.78, 5) is 15.5. The molecule has 0 aromatic carbocycles. The predicted molar refractivity (Wildman–Crippen MR) is 79.0 cm³/mol. The van der Waals surface area contributed by atoms with E-state index in [-0.39, 0.29) is 24.2 Å². The van der Waals surface area contributed by atoms with Crippen LogP contribution in [0, 0.1) is 0 Å². The molecular formula is C13H20N2OS2. The van der Waals surface area contributed by atoms with E-state index in [4.69, 9.17) is 0 Å². The molecule has 1 aliphatic rings. The second kappa shape index (κ2) is 6.08. The summed E-state index contributed by atoms with van der Waals surface area (Å²) in [5.74, 6) is 1.32. The number of hydrogen-bond acceptors (Lipinski definition) is 4. The normalized spacial score (nSPS) is 25.7. The fourth-order valence-electron chi connectivity index (χ4n) is 2.30. The lowest BCUT2D eigenvalue weighted by atomic mass is 10.2. The Morgan fingerprint density at radius 1 is 1.61 bits per heavy atom. The van der Waals surface area contributed by atoms with Crippen LogP contribution < -0.4 is 5.32 Å². The first-order chi connectivity index (χ1) is 8.65. The fourth-order valence-corrected chi connectivity index (χ4v) is 3.66. The third-order valence-corrected chi connectivity index (χ3v) is 4.91. The van der Waals surface area contributed by atoms with Crippen molar-refractivity contribution in [1.82, 2.24) is 10.2 Å². The molecule has 3 atom stereocenters. The van der Waals surface area contributed by atoms with Crippen molar-refractivity contribution in [3.8, 4) is 0 Å². The Morgan fingerprint density at radius 2 is 2.39 bits per heavy atom. The molecule has 100 valence electrons. The topological polar surface area (TPSA) is 32.3 Å². The molecule has 2 heterocycles. The van der Waals surface area contributed by atoms with Crippen LogP contribution in [0.4, 0.5) is 0 Å². The van der Waals surface area contributed by atoms with Crippen molar-refractivity contribution in [1.29, 1.82) is 0 Å². The van der Waals surface area contributed by atoms with E-state index in [1.165, 1.54) is 4.88 Å². The number of thiophene rings is 1. The molecule has 1 fully saturated rings. The van der Waals surface area contributed by atoms with Crippen molar-refractivity contribution in [2.75, 3.05) is 12.0 Å². The molecule has 0 spiro atoms. The van der Waals surface area contributed by atoms with Crippen LogP contribution in [0.1, 0.15) is 31.3 Å². The van der Waals surface area contributed by atoms with Crippen molar-refractivity contribution in [2.24, 2.45) is 0 Å². The highest BCUT2D eigenvalue weighted by atomic mass is 32.2. The number of hydrogen-bond donors (Lipinski definition) is 1. The van der Waals surface area contributed by atoms with E-state index >= 15 is 0 Å². The summed E-state index contributed by atoms with van der Waals surface area (Å²) in [6.07, 6.45) is 3.21. The molecule has 18 heavy (non-hydrogen) atoms. The van der Waals surface area contributed by atoms with Crippen molar-refractivity contribution in [2.45, 2.75) is 38.5 Å². The lowest BCUT2D eigenvalue weighted by Gasteiger charge is -2.29. The van der Waals surface area contributed by atoms with Crippen LogP contribution in [0.2, 0.25) is 0 Å². The molecule has 0 bridgehead atoms. The van der Waals surface area contributed by atoms with Crippen LogP contribution >= 0.6 is 23.1 Å². The quantitative estimate of drug-likeness (QED) is 0.902. The third-order valence-electron chi connectivity index (χ3n) is 3.34. The van der Waals surface area contributed by atoms with E-state index in [1.54, 1.807) is 11.3 Å². The summed E-state index contributed by atoms with van der Waals surface area (Å²) in [5, 5.41) is 5.46. The van der Waals surface area contributed by atoms with Crippen molar-refractivity contribution in [3.63, 3.8) is 0 Å². The summed E-state index contributed by atoms with van der Waals surface area (Å²) in [6.45, 7) is 4.10. The van der Waals surface area contributed by atoms with Gasteiger partial charge in [0.25, 0.3) is 0 Å². The molecule has 3 unspecified atom stereocenters. The van der Waals surface area contributed by atoms with E-state index in [9.17, 15) is 4.79 Å². The van der Waals surface area contributed by atoms with Gasteiger partial charge in [0.15, 0.2) is 0 Å². The summed E-state index contributed by atoms with van der Waals surface area (Å²) in [7, 11) is 0. The first-order valence-corrected chi connectivity index (χ1v) is 8.53. The second-order valence-electron chi connectivity index (χ2n) is 4.68. The largest absolute Gasteiger partial charge is 0.318 e. The Hall–Kier alpha value is -0.520. The number of thioether (sulfide) groups is 1. The second-order valence-corrected chi connectivity index (χ2v) is 6.65. The smallest absolute Gasteiger partial charge is 0.241 e. The van der Waals surface area contributed by atoms with Gasteiger partial charge in [-0.15, -0.1) is 11.3 Å². The van der Waals surface area contributed by atoms with Gasteiger partial charge < -0.3 is 4.90 Å². The molecule has 1 saturated heterocycles. The molecule has 2 rings (SSSR count). The van der Waals surface area contributed by atoms with Crippen LogP contribution in [0.3, 0.4) is 0 Å². The van der Waals surface area contributed by atoms with Crippen molar-refractivity contribution in [3.05, 3.63) is 22.4 Å². The van der Waals surface area contributed by atoms with Gasteiger partial charge in [0.2, 0.25) is 5.91 Å². The standard InChI is InChI=1S/C13H20N2OS2/c1-9(6-8-17-3)15-12(11-5-4-7-18-11)14-10(2)13(15)16/h4-5,7,9-10,12,14H,6,8H2,1-3H3. The van der Waals surface area contributed by atoms with E-state index in [2.05, 4.69) is 29.9 Å². The first-order valence-electron chi connectivity index (χ1n) is 6.25. The average molecular weight is 284 g/mol.